The number of benzene rings is 1. The fourth-order valence-corrected chi connectivity index (χ4v) is 2.50. The van der Waals surface area contributed by atoms with Crippen molar-refractivity contribution in [3.63, 3.8) is 0 Å². The van der Waals surface area contributed by atoms with Crippen molar-refractivity contribution in [3.05, 3.63) is 48.4 Å². The normalized spacial score (nSPS) is 11.4. The summed E-state index contributed by atoms with van der Waals surface area (Å²) in [4.78, 5) is 8.52. The zero-order valence-electron chi connectivity index (χ0n) is 10.9. The van der Waals surface area contributed by atoms with E-state index in [1.165, 1.54) is 5.56 Å². The van der Waals surface area contributed by atoms with Crippen molar-refractivity contribution in [1.29, 1.82) is 0 Å². The number of rotatable bonds is 1. The molecule has 20 heavy (non-hydrogen) atoms. The van der Waals surface area contributed by atoms with Crippen LogP contribution in [0.25, 0.3) is 27.9 Å². The van der Waals surface area contributed by atoms with E-state index in [9.17, 15) is 0 Å². The van der Waals surface area contributed by atoms with Crippen LogP contribution in [0.4, 0.5) is 6.01 Å². The number of imidazole rings is 1. The zero-order chi connectivity index (χ0) is 13.7. The van der Waals surface area contributed by atoms with Crippen LogP contribution in [0.5, 0.6) is 0 Å². The van der Waals surface area contributed by atoms with Crippen molar-refractivity contribution in [2.75, 3.05) is 5.73 Å². The summed E-state index contributed by atoms with van der Waals surface area (Å²) in [5.41, 5.74) is 11.2. The Balaban J connectivity index is 2.02. The molecule has 0 fully saturated rings. The first kappa shape index (κ1) is 11.0. The maximum Gasteiger partial charge on any atom is 0.292 e. The number of nitrogens with zero attached hydrogens (tertiary/aromatic N) is 3. The van der Waals surface area contributed by atoms with E-state index >= 15 is 0 Å². The molecule has 1 aromatic carbocycles. The summed E-state index contributed by atoms with van der Waals surface area (Å²) in [5, 5.41) is 0. The second kappa shape index (κ2) is 3.84. The Morgan fingerprint density at radius 3 is 3.05 bits per heavy atom. The van der Waals surface area contributed by atoms with E-state index in [4.69, 9.17) is 10.2 Å². The van der Waals surface area contributed by atoms with Gasteiger partial charge < -0.3 is 14.6 Å². The molecule has 4 rings (SSSR count). The quantitative estimate of drug-likeness (QED) is 0.573. The molecule has 0 saturated carbocycles. The van der Waals surface area contributed by atoms with Gasteiger partial charge in [-0.2, -0.15) is 4.98 Å². The van der Waals surface area contributed by atoms with Gasteiger partial charge in [-0.3, -0.25) is 0 Å². The van der Waals surface area contributed by atoms with Gasteiger partial charge in [0.15, 0.2) is 5.58 Å². The molecule has 3 aromatic heterocycles. The van der Waals surface area contributed by atoms with Crippen LogP contribution in [-0.2, 0) is 0 Å². The fraction of sp³-hybridized carbons (Fsp3) is 0.0667. The number of hydrogen-bond donors (Lipinski definition) is 1. The van der Waals surface area contributed by atoms with Crippen LogP contribution >= 0.6 is 0 Å². The lowest BCUT2D eigenvalue weighted by atomic mass is 10.1. The number of nitrogens with two attached hydrogens (primary N) is 1. The summed E-state index contributed by atoms with van der Waals surface area (Å²) in [6.07, 6.45) is 5.79. The third-order valence-corrected chi connectivity index (χ3v) is 3.34. The molecule has 0 spiro atoms. The minimum Gasteiger partial charge on any atom is -0.424 e. The van der Waals surface area contributed by atoms with Crippen molar-refractivity contribution < 1.29 is 4.42 Å². The van der Waals surface area contributed by atoms with E-state index in [0.29, 0.717) is 5.58 Å². The second-order valence-electron chi connectivity index (χ2n) is 4.82. The maximum atomic E-state index is 5.58. The van der Waals surface area contributed by atoms with Crippen LogP contribution in [0.15, 0.2) is 47.3 Å². The molecular formula is C15H12N4O. The summed E-state index contributed by atoms with van der Waals surface area (Å²) in [7, 11) is 0. The van der Waals surface area contributed by atoms with Gasteiger partial charge in [0.25, 0.3) is 6.01 Å². The van der Waals surface area contributed by atoms with Gasteiger partial charge in [0.1, 0.15) is 11.2 Å². The molecule has 0 aliphatic rings. The first-order chi connectivity index (χ1) is 9.70. The summed E-state index contributed by atoms with van der Waals surface area (Å²) in [6.45, 7) is 2.06. The monoisotopic (exact) mass is 264 g/mol. The van der Waals surface area contributed by atoms with Crippen LogP contribution < -0.4 is 5.73 Å². The van der Waals surface area contributed by atoms with E-state index in [1.807, 2.05) is 28.8 Å². The van der Waals surface area contributed by atoms with Crippen LogP contribution in [0.2, 0.25) is 0 Å². The van der Waals surface area contributed by atoms with Gasteiger partial charge in [0.2, 0.25) is 0 Å². The molecule has 0 aliphatic carbocycles. The molecule has 0 aliphatic heterocycles. The van der Waals surface area contributed by atoms with Gasteiger partial charge in [0, 0.05) is 24.2 Å². The Kier molecular flexibility index (Phi) is 2.12. The molecule has 2 N–H and O–H groups in total. The number of nitrogen functional groups attached to an aromatic ring is 1. The summed E-state index contributed by atoms with van der Waals surface area (Å²) >= 11 is 0. The Bertz CT molecular complexity index is 936. The lowest BCUT2D eigenvalue weighted by Crippen LogP contribution is -1.90. The lowest BCUT2D eigenvalue weighted by molar-refractivity contribution is 0.626. The lowest BCUT2D eigenvalue weighted by Gasteiger charge is -2.06. The van der Waals surface area contributed by atoms with E-state index in [0.717, 1.165) is 22.3 Å². The Hall–Kier alpha value is -2.82. The van der Waals surface area contributed by atoms with Crippen LogP contribution in [-0.4, -0.2) is 14.4 Å². The maximum absolute atomic E-state index is 5.58. The molecule has 0 radical (unpaired) electrons. The number of fused-ring (bicyclic) bond motifs is 2. The largest absolute Gasteiger partial charge is 0.424 e. The van der Waals surface area contributed by atoms with Crippen molar-refractivity contribution in [3.8, 4) is 11.1 Å². The first-order valence-corrected chi connectivity index (χ1v) is 6.30. The number of oxazole rings is 1. The van der Waals surface area contributed by atoms with Crippen molar-refractivity contribution >= 4 is 22.8 Å². The third-order valence-electron chi connectivity index (χ3n) is 3.34. The van der Waals surface area contributed by atoms with Gasteiger partial charge in [-0.25, -0.2) is 4.98 Å². The minimum absolute atomic E-state index is 0.187. The van der Waals surface area contributed by atoms with E-state index in [-0.39, 0.29) is 6.01 Å². The average molecular weight is 264 g/mol. The highest BCUT2D eigenvalue weighted by molar-refractivity contribution is 5.85. The molecule has 0 saturated heterocycles. The van der Waals surface area contributed by atoms with Gasteiger partial charge >= 0.3 is 0 Å². The molecule has 3 heterocycles. The molecule has 4 aromatic rings. The molecule has 98 valence electrons. The van der Waals surface area contributed by atoms with Crippen molar-refractivity contribution in [2.24, 2.45) is 0 Å². The molecule has 5 heteroatoms. The number of pyridine rings is 1. The number of aryl methyl sites for hydroxylation is 1. The first-order valence-electron chi connectivity index (χ1n) is 6.30. The van der Waals surface area contributed by atoms with Crippen molar-refractivity contribution in [1.82, 2.24) is 14.4 Å². The second-order valence-corrected chi connectivity index (χ2v) is 4.82. The highest BCUT2D eigenvalue weighted by atomic mass is 16.4. The van der Waals surface area contributed by atoms with Crippen LogP contribution in [0, 0.1) is 6.92 Å². The molecule has 0 amide bonds. The van der Waals surface area contributed by atoms with Crippen LogP contribution in [0.3, 0.4) is 0 Å². The average Bonchev–Trinajstić information content (AvgIpc) is 3.01. The standard InChI is InChI=1S/C15H12N4O/c1-9-6-11(14-17-4-5-19(14)8-9)10-2-3-12-13(7-10)20-15(16)18-12/h2-8H,1H3,(H2,16,18). The topological polar surface area (TPSA) is 69.3 Å². The SMILES string of the molecule is Cc1cc(-c2ccc3nc(N)oc3c2)c2nccn2c1. The van der Waals surface area contributed by atoms with Crippen molar-refractivity contribution in [2.45, 2.75) is 6.92 Å². The Morgan fingerprint density at radius 1 is 1.25 bits per heavy atom. The molecule has 5 nitrogen and oxygen atoms in total. The molecule has 0 bridgehead atoms. The van der Waals surface area contributed by atoms with Gasteiger partial charge in [0.05, 0.1) is 0 Å². The summed E-state index contributed by atoms with van der Waals surface area (Å²) in [6, 6.07) is 8.16. The zero-order valence-corrected chi connectivity index (χ0v) is 10.9. The molecule has 0 unspecified atom stereocenters. The minimum atomic E-state index is 0.187. The number of anilines is 1. The smallest absolute Gasteiger partial charge is 0.292 e. The third kappa shape index (κ3) is 1.56. The summed E-state index contributed by atoms with van der Waals surface area (Å²) < 4.78 is 7.41. The van der Waals surface area contributed by atoms with Gasteiger partial charge in [-0.15, -0.1) is 0 Å². The number of hydrogen-bond acceptors (Lipinski definition) is 4. The predicted molar refractivity (Wildman–Crippen MR) is 77.3 cm³/mol. The van der Waals surface area contributed by atoms with E-state index in [2.05, 4.69) is 29.2 Å². The predicted octanol–water partition coefficient (Wildman–Crippen LogP) is 3.03. The molecular weight excluding hydrogens is 252 g/mol. The fourth-order valence-electron chi connectivity index (χ4n) is 2.50. The Labute approximate surface area is 114 Å². The van der Waals surface area contributed by atoms with E-state index < -0.39 is 0 Å². The highest BCUT2D eigenvalue weighted by Crippen LogP contribution is 2.28. The van der Waals surface area contributed by atoms with Gasteiger partial charge in [-0.05, 0) is 36.2 Å². The van der Waals surface area contributed by atoms with Gasteiger partial charge in [-0.1, -0.05) is 6.07 Å². The Morgan fingerprint density at radius 2 is 2.15 bits per heavy atom. The van der Waals surface area contributed by atoms with E-state index in [1.54, 1.807) is 6.20 Å². The van der Waals surface area contributed by atoms with Crippen LogP contribution in [0.1, 0.15) is 5.56 Å². The molecule has 0 atom stereocenters. The number of aromatic nitrogens is 3. The summed E-state index contributed by atoms with van der Waals surface area (Å²) in [5.74, 6) is 0. The highest BCUT2D eigenvalue weighted by Gasteiger charge is 2.09.